The second-order valence-corrected chi connectivity index (χ2v) is 2.00. The van der Waals surface area contributed by atoms with Gasteiger partial charge in [-0.3, -0.25) is 15.0 Å². The Morgan fingerprint density at radius 3 is 1.92 bits per heavy atom. The van der Waals surface area contributed by atoms with Gasteiger partial charge in [-0.2, -0.15) is 0 Å². The number of hydrogen-bond donors (Lipinski definition) is 5. The highest BCUT2D eigenvalue weighted by molar-refractivity contribution is 6.12. The van der Waals surface area contributed by atoms with Crippen molar-refractivity contribution >= 4 is 17.9 Å². The summed E-state index contributed by atoms with van der Waals surface area (Å²) in [6, 6.07) is 0. The summed E-state index contributed by atoms with van der Waals surface area (Å²) < 4.78 is 0. The Bertz CT molecular complexity index is 259. The van der Waals surface area contributed by atoms with Gasteiger partial charge in [-0.25, -0.2) is 0 Å². The number of hydrogen-bond acceptors (Lipinski definition) is 3. The molecule has 0 spiro atoms. The van der Waals surface area contributed by atoms with E-state index in [9.17, 15) is 9.59 Å². The zero-order valence-corrected chi connectivity index (χ0v) is 6.50. The highest BCUT2D eigenvalue weighted by atomic mass is 16.4. The molecule has 0 unspecified atom stereocenters. The van der Waals surface area contributed by atoms with E-state index in [4.69, 9.17) is 21.4 Å². The Morgan fingerprint density at radius 2 is 1.69 bits per heavy atom. The molecular weight excluding hydrogens is 178 g/mol. The number of carboxylic acids is 2. The number of nitrogens with two attached hydrogens (primary N) is 1. The van der Waals surface area contributed by atoms with Crippen LogP contribution in [0.4, 0.5) is 0 Å². The summed E-state index contributed by atoms with van der Waals surface area (Å²) >= 11 is 0. The van der Waals surface area contributed by atoms with Crippen LogP contribution in [0.3, 0.4) is 0 Å². The molecule has 6 N–H and O–H groups in total. The van der Waals surface area contributed by atoms with Crippen molar-refractivity contribution in [3.63, 3.8) is 0 Å². The van der Waals surface area contributed by atoms with E-state index in [0.29, 0.717) is 0 Å². The van der Waals surface area contributed by atoms with Crippen molar-refractivity contribution in [2.24, 2.45) is 5.73 Å². The highest BCUT2D eigenvalue weighted by Crippen LogP contribution is 2.08. The largest absolute Gasteiger partial charge is 0.480 e. The maximum absolute atomic E-state index is 10.3. The minimum absolute atomic E-state index is 0.437. The second-order valence-electron chi connectivity index (χ2n) is 2.00. The molecule has 0 amide bonds. The Balaban J connectivity index is 4.57. The van der Waals surface area contributed by atoms with Gasteiger partial charge in [0.2, 0.25) is 5.92 Å². The summed E-state index contributed by atoms with van der Waals surface area (Å²) in [5.74, 6) is -4.82. The molecule has 0 heterocycles. The maximum atomic E-state index is 10.3. The third kappa shape index (κ3) is 3.23. The van der Waals surface area contributed by atoms with Crippen LogP contribution in [0.15, 0.2) is 12.3 Å². The smallest absolute Gasteiger partial charge is 0.329 e. The van der Waals surface area contributed by atoms with E-state index < -0.39 is 29.5 Å². The van der Waals surface area contributed by atoms with Gasteiger partial charge in [-0.1, -0.05) is 6.58 Å². The van der Waals surface area contributed by atoms with Gasteiger partial charge in [-0.15, -0.1) is 0 Å². The molecule has 13 heavy (non-hydrogen) atoms. The lowest BCUT2D eigenvalue weighted by Gasteiger charge is -2.10. The van der Waals surface area contributed by atoms with E-state index in [1.54, 1.807) is 0 Å². The van der Waals surface area contributed by atoms with Crippen LogP contribution < -0.4 is 11.1 Å². The third-order valence-corrected chi connectivity index (χ3v) is 1.02. The second kappa shape index (κ2) is 4.10. The zero-order valence-electron chi connectivity index (χ0n) is 6.50. The van der Waals surface area contributed by atoms with Gasteiger partial charge < -0.3 is 21.3 Å². The monoisotopic (exact) mass is 186 g/mol. The molecule has 0 aromatic rings. The zero-order chi connectivity index (χ0) is 10.6. The van der Waals surface area contributed by atoms with E-state index >= 15 is 0 Å². The van der Waals surface area contributed by atoms with Gasteiger partial charge in [0.1, 0.15) is 0 Å². The first kappa shape index (κ1) is 11.0. The minimum Gasteiger partial charge on any atom is -0.480 e. The lowest BCUT2D eigenvalue weighted by molar-refractivity contribution is -0.143. The molecule has 7 nitrogen and oxygen atoms in total. The Labute approximate surface area is 73.4 Å². The molecule has 7 heteroatoms. The normalized spacial score (nSPS) is 9.31. The van der Waals surface area contributed by atoms with Crippen molar-refractivity contribution in [3.8, 4) is 0 Å². The molecule has 0 bridgehead atoms. The molecule has 0 fully saturated rings. The molecule has 0 aromatic carbocycles. The van der Waals surface area contributed by atoms with Crippen molar-refractivity contribution in [3.05, 3.63) is 18.2 Å². The molecule has 0 aliphatic rings. The van der Waals surface area contributed by atoms with Crippen LogP contribution in [0.2, 0.25) is 0 Å². The molecule has 71 valence electrons. The number of aliphatic carboxylic acids is 2. The first-order valence-corrected chi connectivity index (χ1v) is 3.00. The Kier molecular flexibility index (Phi) is 3.45. The minimum atomic E-state index is -1.65. The molecular formula is C6H8N3O4. The molecule has 0 saturated carbocycles. The molecule has 0 rings (SSSR count). The molecule has 0 aliphatic heterocycles. The van der Waals surface area contributed by atoms with Gasteiger partial charge >= 0.3 is 11.9 Å². The predicted molar refractivity (Wildman–Crippen MR) is 42.7 cm³/mol. The average Bonchev–Trinajstić information content (AvgIpc) is 1.81. The highest BCUT2D eigenvalue weighted by Gasteiger charge is 2.30. The number of carboxylic acid groups (broad SMARTS) is 2. The van der Waals surface area contributed by atoms with Crippen LogP contribution in [0.25, 0.3) is 0 Å². The van der Waals surface area contributed by atoms with Crippen molar-refractivity contribution in [2.75, 3.05) is 0 Å². The van der Waals surface area contributed by atoms with E-state index in [-0.39, 0.29) is 0 Å². The maximum Gasteiger partial charge on any atom is 0.329 e. The van der Waals surface area contributed by atoms with Gasteiger partial charge in [-0.05, 0) is 0 Å². The van der Waals surface area contributed by atoms with Gasteiger partial charge in [0.25, 0.3) is 0 Å². The quantitative estimate of drug-likeness (QED) is 0.211. The fourth-order valence-corrected chi connectivity index (χ4v) is 0.575. The van der Waals surface area contributed by atoms with E-state index in [1.165, 1.54) is 0 Å². The molecule has 0 atom stereocenters. The fraction of sp³-hybridized carbons (Fsp3) is 0. The number of carbonyl (C=O) groups is 2. The fourth-order valence-electron chi connectivity index (χ4n) is 0.575. The molecule has 0 aromatic heterocycles. The van der Waals surface area contributed by atoms with Crippen molar-refractivity contribution in [1.29, 1.82) is 5.41 Å². The van der Waals surface area contributed by atoms with Crippen LogP contribution >= 0.6 is 0 Å². The Hall–Kier alpha value is -2.05. The summed E-state index contributed by atoms with van der Waals surface area (Å²) in [4.78, 5) is 20.7. The Morgan fingerprint density at radius 1 is 1.31 bits per heavy atom. The van der Waals surface area contributed by atoms with Gasteiger partial charge in [0.05, 0.1) is 0 Å². The lowest BCUT2D eigenvalue weighted by atomic mass is 10.1. The van der Waals surface area contributed by atoms with Crippen LogP contribution in [0.5, 0.6) is 0 Å². The van der Waals surface area contributed by atoms with Gasteiger partial charge in [0.15, 0.2) is 5.96 Å². The first-order chi connectivity index (χ1) is 5.86. The van der Waals surface area contributed by atoms with Crippen LogP contribution in [0, 0.1) is 11.3 Å². The predicted octanol–water partition coefficient (Wildman–Crippen LogP) is -1.27. The number of guanidine groups is 1. The molecule has 1 radical (unpaired) electrons. The van der Waals surface area contributed by atoms with Crippen molar-refractivity contribution in [2.45, 2.75) is 0 Å². The van der Waals surface area contributed by atoms with Gasteiger partial charge in [0, 0.05) is 5.70 Å². The SMILES string of the molecule is C=C(NC(=N)N)[C](C(=O)O)C(=O)O. The van der Waals surface area contributed by atoms with E-state index in [1.807, 2.05) is 5.32 Å². The molecule has 0 saturated heterocycles. The summed E-state index contributed by atoms with van der Waals surface area (Å²) in [7, 11) is 0. The van der Waals surface area contributed by atoms with E-state index in [0.717, 1.165) is 0 Å². The van der Waals surface area contributed by atoms with Crippen LogP contribution in [-0.2, 0) is 9.59 Å². The topological polar surface area (TPSA) is 136 Å². The first-order valence-electron chi connectivity index (χ1n) is 3.00. The third-order valence-electron chi connectivity index (χ3n) is 1.02. The van der Waals surface area contributed by atoms with Crippen molar-refractivity contribution < 1.29 is 19.8 Å². The van der Waals surface area contributed by atoms with Crippen molar-refractivity contribution in [1.82, 2.24) is 5.32 Å². The standard InChI is InChI=1S/C6H8N3O4/c1-2(9-6(7)8)3(4(10)11)5(12)13/h1H2,(H,10,11)(H,12,13)(H4,7,8,9). The van der Waals surface area contributed by atoms with E-state index in [2.05, 4.69) is 6.58 Å². The summed E-state index contributed by atoms with van der Waals surface area (Å²) in [5.41, 5.74) is 4.41. The molecule has 0 aliphatic carbocycles. The number of nitrogens with one attached hydrogen (secondary N) is 2. The number of rotatable bonds is 4. The summed E-state index contributed by atoms with van der Waals surface area (Å²) in [5, 5.41) is 25.5. The average molecular weight is 186 g/mol. The lowest BCUT2D eigenvalue weighted by Crippen LogP contribution is -2.36. The summed E-state index contributed by atoms with van der Waals surface area (Å²) in [6.07, 6.45) is 0. The summed E-state index contributed by atoms with van der Waals surface area (Å²) in [6.45, 7) is 3.11. The van der Waals surface area contributed by atoms with Crippen LogP contribution in [-0.4, -0.2) is 28.1 Å². The van der Waals surface area contributed by atoms with Crippen LogP contribution in [0.1, 0.15) is 0 Å².